The Hall–Kier alpha value is -4.25. The van der Waals surface area contributed by atoms with Crippen molar-refractivity contribution in [3.63, 3.8) is 0 Å². The van der Waals surface area contributed by atoms with Gasteiger partial charge in [0.1, 0.15) is 5.75 Å². The quantitative estimate of drug-likeness (QED) is 0.103. The first kappa shape index (κ1) is 33.6. The van der Waals surface area contributed by atoms with Crippen LogP contribution in [0.15, 0.2) is 110 Å². The van der Waals surface area contributed by atoms with Gasteiger partial charge in [-0.3, -0.25) is 9.97 Å². The molecule has 6 heteroatoms. The smallest absolute Gasteiger partial charge is 0.119 e. The first-order chi connectivity index (χ1) is 21.5. The average Bonchev–Trinajstić information content (AvgIpc) is 3.73. The minimum atomic E-state index is 0. The Morgan fingerprint density at radius 1 is 0.622 bits per heavy atom. The summed E-state index contributed by atoms with van der Waals surface area (Å²) >= 11 is 0. The van der Waals surface area contributed by atoms with Gasteiger partial charge in [-0.1, -0.05) is 57.7 Å². The standard InChI is InChI=1S/C22H25N2O.C17H15N2.Ir/c1-3-4-5-6-16-25-21-12-10-20(11-13-21)24-15-14-23-22(24)19-9-7-8-18(2)17-19;1-13-6-8-16(9-7-13)19-11-10-18-17(19)15-5-3-4-14(2)12-15;/h7-8,10-15,17H,3-6,16H2,1-2H3;3-4,6-12H,1-2H3;/q2*-1;. The molecule has 0 spiro atoms. The van der Waals surface area contributed by atoms with E-state index in [1.165, 1.54) is 36.0 Å². The van der Waals surface area contributed by atoms with Crippen molar-refractivity contribution in [1.29, 1.82) is 0 Å². The maximum absolute atomic E-state index is 5.82. The van der Waals surface area contributed by atoms with Gasteiger partial charge < -0.3 is 13.9 Å². The molecule has 0 atom stereocenters. The zero-order valence-electron chi connectivity index (χ0n) is 26.5. The first-order valence-electron chi connectivity index (χ1n) is 15.4. The van der Waals surface area contributed by atoms with Crippen LogP contribution in [-0.4, -0.2) is 25.7 Å². The van der Waals surface area contributed by atoms with Crippen LogP contribution >= 0.6 is 0 Å². The van der Waals surface area contributed by atoms with Gasteiger partial charge in [0, 0.05) is 56.3 Å². The van der Waals surface area contributed by atoms with E-state index in [1.807, 2.05) is 61.2 Å². The van der Waals surface area contributed by atoms with Crippen molar-refractivity contribution < 1.29 is 24.8 Å². The van der Waals surface area contributed by atoms with Crippen LogP contribution in [0.5, 0.6) is 5.75 Å². The van der Waals surface area contributed by atoms with Crippen molar-refractivity contribution in [3.05, 3.63) is 139 Å². The summed E-state index contributed by atoms with van der Waals surface area (Å²) in [5, 5.41) is 0. The van der Waals surface area contributed by atoms with Gasteiger partial charge in [0.25, 0.3) is 0 Å². The monoisotopic (exact) mass is 773 g/mol. The Kier molecular flexibility index (Phi) is 12.5. The van der Waals surface area contributed by atoms with Crippen LogP contribution in [0, 0.1) is 32.9 Å². The molecule has 233 valence electrons. The second kappa shape index (κ2) is 16.7. The molecule has 6 aromatic rings. The van der Waals surface area contributed by atoms with E-state index in [4.69, 9.17) is 4.74 Å². The molecule has 0 N–H and O–H groups in total. The Labute approximate surface area is 281 Å². The third-order valence-corrected chi connectivity index (χ3v) is 7.37. The molecule has 0 aliphatic rings. The second-order valence-corrected chi connectivity index (χ2v) is 11.0. The summed E-state index contributed by atoms with van der Waals surface area (Å²) < 4.78 is 9.99. The molecule has 5 nitrogen and oxygen atoms in total. The normalized spacial score (nSPS) is 10.5. The fraction of sp³-hybridized carbons (Fsp3) is 0.231. The maximum atomic E-state index is 5.82. The van der Waals surface area contributed by atoms with E-state index in [1.54, 1.807) is 0 Å². The molecule has 4 aromatic carbocycles. The molecule has 2 heterocycles. The van der Waals surface area contributed by atoms with Crippen molar-refractivity contribution in [1.82, 2.24) is 19.1 Å². The number of rotatable bonds is 10. The van der Waals surface area contributed by atoms with Crippen molar-refractivity contribution in [2.45, 2.75) is 53.4 Å². The predicted octanol–water partition coefficient (Wildman–Crippen LogP) is 9.56. The number of ether oxygens (including phenoxy) is 1. The van der Waals surface area contributed by atoms with E-state index in [9.17, 15) is 0 Å². The number of hydrogen-bond acceptors (Lipinski definition) is 3. The van der Waals surface area contributed by atoms with Crippen LogP contribution in [0.2, 0.25) is 0 Å². The Morgan fingerprint density at radius 3 is 1.62 bits per heavy atom. The summed E-state index contributed by atoms with van der Waals surface area (Å²) in [5.41, 5.74) is 7.88. The molecule has 1 radical (unpaired) electrons. The van der Waals surface area contributed by atoms with Gasteiger partial charge in [0.15, 0.2) is 0 Å². The number of benzene rings is 4. The number of hydrogen-bond donors (Lipinski definition) is 0. The fourth-order valence-corrected chi connectivity index (χ4v) is 4.97. The van der Waals surface area contributed by atoms with Crippen LogP contribution in [0.1, 0.15) is 49.3 Å². The molecular formula is C39H40IrN4O-2. The largest absolute Gasteiger partial charge is 0.494 e. The van der Waals surface area contributed by atoms with Gasteiger partial charge in [-0.05, 0) is 49.7 Å². The molecule has 0 fully saturated rings. The summed E-state index contributed by atoms with van der Waals surface area (Å²) in [6.45, 7) is 9.26. The third kappa shape index (κ3) is 9.13. The second-order valence-electron chi connectivity index (χ2n) is 11.0. The van der Waals surface area contributed by atoms with E-state index in [0.717, 1.165) is 52.9 Å². The summed E-state index contributed by atoms with van der Waals surface area (Å²) in [6.07, 6.45) is 12.5. The van der Waals surface area contributed by atoms with Crippen molar-refractivity contribution >= 4 is 0 Å². The summed E-state index contributed by atoms with van der Waals surface area (Å²) in [6, 6.07) is 35.3. The summed E-state index contributed by atoms with van der Waals surface area (Å²) in [4.78, 5) is 8.96. The number of aromatic nitrogens is 4. The average molecular weight is 773 g/mol. The van der Waals surface area contributed by atoms with E-state index in [0.29, 0.717) is 0 Å². The van der Waals surface area contributed by atoms with Crippen molar-refractivity contribution in [2.24, 2.45) is 0 Å². The molecule has 0 aliphatic carbocycles. The number of unbranched alkanes of at least 4 members (excludes halogenated alkanes) is 3. The Bertz CT molecular complexity index is 1750. The minimum Gasteiger partial charge on any atom is -0.494 e. The topological polar surface area (TPSA) is 44.9 Å². The zero-order chi connectivity index (χ0) is 30.7. The Morgan fingerprint density at radius 2 is 1.13 bits per heavy atom. The van der Waals surface area contributed by atoms with Crippen LogP contribution in [0.25, 0.3) is 34.2 Å². The number of nitrogens with zero attached hydrogens (tertiary/aromatic N) is 4. The molecule has 0 saturated heterocycles. The van der Waals surface area contributed by atoms with Gasteiger partial charge in [0.2, 0.25) is 0 Å². The van der Waals surface area contributed by atoms with E-state index >= 15 is 0 Å². The molecule has 0 amide bonds. The van der Waals surface area contributed by atoms with Crippen LogP contribution in [0.4, 0.5) is 0 Å². The van der Waals surface area contributed by atoms with Crippen LogP contribution < -0.4 is 4.74 Å². The van der Waals surface area contributed by atoms with Gasteiger partial charge in [-0.2, -0.15) is 0 Å². The number of imidazole rings is 2. The van der Waals surface area contributed by atoms with E-state index < -0.39 is 0 Å². The molecule has 0 aliphatic heterocycles. The van der Waals surface area contributed by atoms with Crippen molar-refractivity contribution in [2.75, 3.05) is 6.61 Å². The summed E-state index contributed by atoms with van der Waals surface area (Å²) in [5.74, 6) is 2.74. The van der Waals surface area contributed by atoms with Crippen LogP contribution in [-0.2, 0) is 20.1 Å². The molecule has 2 aromatic heterocycles. The van der Waals surface area contributed by atoms with Crippen molar-refractivity contribution in [3.8, 4) is 39.9 Å². The number of aryl methyl sites for hydroxylation is 3. The molecule has 6 rings (SSSR count). The SMILES string of the molecule is CCCCCCOc1ccc(-n2ccnc2-c2[c-]ccc(C)c2)cc1.Cc1ccc(-n2ccnc2-c2[c-]ccc(C)c2)cc1.[Ir]. The predicted molar refractivity (Wildman–Crippen MR) is 180 cm³/mol. The molecular weight excluding hydrogens is 733 g/mol. The van der Waals surface area contributed by atoms with Gasteiger partial charge in [-0.25, -0.2) is 0 Å². The fourth-order valence-electron chi connectivity index (χ4n) is 4.97. The Balaban J connectivity index is 0.000000207. The van der Waals surface area contributed by atoms with E-state index in [2.05, 4.69) is 107 Å². The molecule has 0 bridgehead atoms. The molecule has 45 heavy (non-hydrogen) atoms. The molecule has 0 saturated carbocycles. The van der Waals surface area contributed by atoms with Gasteiger partial charge >= 0.3 is 0 Å². The minimum absolute atomic E-state index is 0. The van der Waals surface area contributed by atoms with Gasteiger partial charge in [-0.15, -0.1) is 70.8 Å². The van der Waals surface area contributed by atoms with Gasteiger partial charge in [0.05, 0.1) is 18.3 Å². The molecule has 0 unspecified atom stereocenters. The van der Waals surface area contributed by atoms with Crippen LogP contribution in [0.3, 0.4) is 0 Å². The summed E-state index contributed by atoms with van der Waals surface area (Å²) in [7, 11) is 0. The zero-order valence-corrected chi connectivity index (χ0v) is 28.9. The maximum Gasteiger partial charge on any atom is 0.119 e. The first-order valence-corrected chi connectivity index (χ1v) is 15.4. The van der Waals surface area contributed by atoms with E-state index in [-0.39, 0.29) is 20.1 Å². The third-order valence-electron chi connectivity index (χ3n) is 7.37.